The second-order valence-electron chi connectivity index (χ2n) is 31.5. The zero-order valence-electron chi connectivity index (χ0n) is 75.3. The van der Waals surface area contributed by atoms with E-state index in [9.17, 15) is 162 Å². The summed E-state index contributed by atoms with van der Waals surface area (Å²) in [4.78, 5) is 292. The number of unbranched alkanes of at least 4 members (excludes halogenated alkanes) is 1. The maximum absolute atomic E-state index is 14.4. The summed E-state index contributed by atoms with van der Waals surface area (Å²) in [6.45, 7) is 2.26. The quantitative estimate of drug-likeness (QED) is 0.0164. The molecule has 1 rings (SSSR count). The van der Waals surface area contributed by atoms with E-state index in [4.69, 9.17) is 28.3 Å². The molecule has 0 bridgehead atoms. The molecule has 0 unspecified atom stereocenters. The zero-order valence-corrected chi connectivity index (χ0v) is 75.3. The molecule has 0 heterocycles. The number of nitrogens with two attached hydrogens (primary N) is 4. The van der Waals surface area contributed by atoms with E-state index in [1.54, 1.807) is 39.0 Å². The Labute approximate surface area is 772 Å². The summed E-state index contributed by atoms with van der Waals surface area (Å²) >= 11 is 0. The summed E-state index contributed by atoms with van der Waals surface area (Å²) in [6, 6.07) is -21.7. The minimum absolute atomic E-state index is 0.0965. The molecule has 1 aromatic rings. The van der Waals surface area contributed by atoms with Gasteiger partial charge in [0.15, 0.2) is 5.96 Å². The summed E-state index contributed by atoms with van der Waals surface area (Å²) in [5, 5.41) is 158. The fourth-order valence-electron chi connectivity index (χ4n) is 12.1. The van der Waals surface area contributed by atoms with Crippen molar-refractivity contribution in [3.8, 4) is 0 Å². The zero-order chi connectivity index (χ0) is 103. The Morgan fingerprint density at radius 1 is 0.356 bits per heavy atom. The van der Waals surface area contributed by atoms with Gasteiger partial charge in [0.2, 0.25) is 106 Å². The van der Waals surface area contributed by atoms with Crippen LogP contribution in [0.2, 0.25) is 0 Å². The van der Waals surface area contributed by atoms with Crippen molar-refractivity contribution in [3.63, 3.8) is 0 Å². The number of aliphatic carboxylic acids is 4. The lowest BCUT2D eigenvalue weighted by molar-refractivity contribution is -0.143. The number of carbonyl (C=O) groups excluding carboxylic acids is 18. The predicted octanol–water partition coefficient (Wildman–Crippen LogP) is -15.2. The first-order valence-electron chi connectivity index (χ1n) is 42.6. The van der Waals surface area contributed by atoms with Crippen molar-refractivity contribution < 1.29 is 162 Å². The monoisotopic (exact) mass is 1930 g/mol. The van der Waals surface area contributed by atoms with Crippen LogP contribution in [-0.2, 0) is 112 Å². The highest BCUT2D eigenvalue weighted by molar-refractivity contribution is 6.02. The average molecular weight is 1930 g/mol. The summed E-state index contributed by atoms with van der Waals surface area (Å²) in [5.41, 5.74) is 22.5. The van der Waals surface area contributed by atoms with E-state index in [-0.39, 0.29) is 45.2 Å². The number of aliphatic hydroxyl groups excluding tert-OH is 7. The lowest BCUT2D eigenvalue weighted by Gasteiger charge is -2.29. The van der Waals surface area contributed by atoms with Crippen molar-refractivity contribution in [1.29, 1.82) is 5.41 Å². The van der Waals surface area contributed by atoms with Gasteiger partial charge in [-0.25, -0.2) is 4.79 Å². The molecule has 0 radical (unpaired) electrons. The molecular formula is C79H129N23O33. The first kappa shape index (κ1) is 119. The number of benzene rings is 1. The summed E-state index contributed by atoms with van der Waals surface area (Å²) in [5.74, 6) is -30.7. The Kier molecular flexibility index (Phi) is 54.9. The van der Waals surface area contributed by atoms with Crippen molar-refractivity contribution in [3.05, 3.63) is 35.9 Å². The van der Waals surface area contributed by atoms with Gasteiger partial charge < -0.3 is 175 Å². The van der Waals surface area contributed by atoms with Crippen molar-refractivity contribution in [2.24, 2.45) is 34.8 Å². The second kappa shape index (κ2) is 62.0. The third-order valence-electron chi connectivity index (χ3n) is 20.1. The molecule has 56 heteroatoms. The first-order valence-corrected chi connectivity index (χ1v) is 42.6. The molecule has 0 fully saturated rings. The van der Waals surface area contributed by atoms with Crippen LogP contribution < -0.4 is 119 Å². The molecule has 0 aliphatic heterocycles. The molecule has 135 heavy (non-hydrogen) atoms. The van der Waals surface area contributed by atoms with E-state index in [2.05, 4.69) is 85.1 Å². The highest BCUT2D eigenvalue weighted by Gasteiger charge is 2.41. The van der Waals surface area contributed by atoms with Crippen LogP contribution >= 0.6 is 0 Å². The van der Waals surface area contributed by atoms with E-state index < -0.39 is 354 Å². The predicted molar refractivity (Wildman–Crippen MR) is 465 cm³/mol. The highest BCUT2D eigenvalue weighted by Crippen LogP contribution is 2.15. The molecule has 0 aliphatic rings. The highest BCUT2D eigenvalue weighted by atomic mass is 16.4. The van der Waals surface area contributed by atoms with Gasteiger partial charge in [-0.05, 0) is 96.1 Å². The van der Waals surface area contributed by atoms with Crippen LogP contribution in [0.3, 0.4) is 0 Å². The van der Waals surface area contributed by atoms with E-state index >= 15 is 0 Å². The molecule has 20 atom stereocenters. The number of amides is 18. The maximum Gasteiger partial charge on any atom is 0.326 e. The number of aliphatic hydroxyl groups is 7. The van der Waals surface area contributed by atoms with Gasteiger partial charge in [0.05, 0.1) is 70.3 Å². The maximum atomic E-state index is 14.4. The lowest BCUT2D eigenvalue weighted by Crippen LogP contribution is -2.63. The van der Waals surface area contributed by atoms with Gasteiger partial charge in [-0.15, -0.1) is 0 Å². The smallest absolute Gasteiger partial charge is 0.326 e. The summed E-state index contributed by atoms with van der Waals surface area (Å²) in [6.07, 6.45) is -11.6. The minimum atomic E-state index is -2.12. The Balaban J connectivity index is 3.44. The third kappa shape index (κ3) is 45.2. The van der Waals surface area contributed by atoms with Crippen LogP contribution in [0.5, 0.6) is 0 Å². The number of hydrogen-bond donors (Lipinski definition) is 34. The van der Waals surface area contributed by atoms with E-state index in [0.717, 1.165) is 20.8 Å². The standard InChI is InChI=1S/C79H129N23O33/c1-8-36(4)59(74(130)94-46(27-40-15-10-9-11-16-40)68(124)101-62(39(7)109)77(133)95-47(28-52(81)110)69(125)102-61(38(6)108)76(132)93-45(78(134)135)17-12-13-25-80)99-54(112)30-87-64(120)48(31-103)96-65(121)42(19-22-55(113)114)90-70(126)49(32-104)88-53(111)29-86-63(119)41(18-14-26-85-79(83)84)89-71(127)50(33-105)97-66(122)43(20-23-56(115)116)92-75(131)60(37(5)107)100-67(123)44(21-24-57(117)118)91-72(128)51(34-106)98-73(129)58(82)35(2)3/h9-11,15-16,35-39,41-51,58-62,103-109H,8,12-14,17-34,80,82H2,1-7H3,(H2,81,110)(H,86,119)(H,87,120)(H,88,111)(H,89,127)(H,90,126)(H,91,128)(H,92,131)(H,93,132)(H,94,130)(H,95,133)(H,96,121)(H,97,122)(H,98,129)(H,99,112)(H,100,123)(H,101,124)(H,102,125)(H,113,114)(H,115,116)(H,117,118)(H,134,135)(H4,83,84,85)/t36-,37+,38+,39+,41-,42-,43-,44-,45-,46-,47-,48-,49-,50-,51-,58-,59-,60-,61-,62-/m0/s1. The van der Waals surface area contributed by atoms with E-state index in [1.165, 1.54) is 19.1 Å². The molecule has 0 spiro atoms. The molecule has 0 saturated carbocycles. The second-order valence-corrected chi connectivity index (χ2v) is 31.5. The number of hydrogen-bond acceptors (Lipinski definition) is 32. The number of guanidine groups is 1. The molecule has 0 saturated heterocycles. The molecule has 56 nitrogen and oxygen atoms in total. The largest absolute Gasteiger partial charge is 0.481 e. The number of primary amides is 1. The van der Waals surface area contributed by atoms with Crippen LogP contribution in [0.4, 0.5) is 0 Å². The summed E-state index contributed by atoms with van der Waals surface area (Å²) in [7, 11) is 0. The third-order valence-corrected chi connectivity index (χ3v) is 20.1. The van der Waals surface area contributed by atoms with Gasteiger partial charge >= 0.3 is 23.9 Å². The molecule has 758 valence electrons. The van der Waals surface area contributed by atoms with Crippen LogP contribution in [-0.4, -0.2) is 360 Å². The van der Waals surface area contributed by atoms with E-state index in [1.807, 2.05) is 10.6 Å². The molecular weight excluding hydrogens is 1800 g/mol. The minimum Gasteiger partial charge on any atom is -0.481 e. The van der Waals surface area contributed by atoms with Crippen LogP contribution in [0, 0.1) is 17.2 Å². The van der Waals surface area contributed by atoms with Crippen molar-refractivity contribution >= 4 is 136 Å². The van der Waals surface area contributed by atoms with Crippen molar-refractivity contribution in [2.75, 3.05) is 52.6 Å². The van der Waals surface area contributed by atoms with Crippen LogP contribution in [0.25, 0.3) is 0 Å². The van der Waals surface area contributed by atoms with Gasteiger partial charge in [-0.1, -0.05) is 64.4 Å². The Hall–Kier alpha value is -13.5. The number of nitrogens with one attached hydrogen (secondary N) is 19. The lowest BCUT2D eigenvalue weighted by atomic mass is 9.97. The van der Waals surface area contributed by atoms with Gasteiger partial charge in [0.1, 0.15) is 90.6 Å². The molecule has 0 aliphatic carbocycles. The molecule has 18 amide bonds. The van der Waals surface area contributed by atoms with Crippen LogP contribution in [0.15, 0.2) is 30.3 Å². The Bertz CT molecular complexity index is 4230. The molecule has 1 aromatic carbocycles. The SMILES string of the molecule is CC[C@H](C)[C@H](NC(=O)CNC(=O)[C@H](CO)NC(=O)[C@H](CCC(=O)O)NC(=O)[C@H](CO)NC(=O)CNC(=O)[C@H](CCCNC(=N)N)NC(=O)[C@H](CO)NC(=O)[C@H](CCC(=O)O)NC(=O)[C@@H](NC(=O)[C@H](CCC(=O)O)NC(=O)[C@H](CO)NC(=O)[C@@H](N)C(C)C)[C@@H](C)O)C(=O)N[C@@H](Cc1ccccc1)C(=O)N[C@H](C(=O)N[C@@H](CC(N)=O)C(=O)N[C@H](C(=O)N[C@@H](CCCCN)C(=O)O)[C@@H](C)O)[C@@H](C)O. The topological polar surface area (TPSA) is 943 Å². The van der Waals surface area contributed by atoms with Gasteiger partial charge in [0.25, 0.3) is 0 Å². The number of carboxylic acid groups (broad SMARTS) is 4. The fraction of sp³-hybridized carbons (Fsp3) is 0.633. The Morgan fingerprint density at radius 3 is 1.05 bits per heavy atom. The Morgan fingerprint density at radius 2 is 0.674 bits per heavy atom. The van der Waals surface area contributed by atoms with Crippen molar-refractivity contribution in [2.45, 2.75) is 253 Å². The van der Waals surface area contributed by atoms with Crippen LogP contribution in [0.1, 0.15) is 138 Å². The van der Waals surface area contributed by atoms with Gasteiger partial charge in [0, 0.05) is 32.2 Å². The number of carbonyl (C=O) groups is 22. The van der Waals surface area contributed by atoms with E-state index in [0.29, 0.717) is 12.0 Å². The number of carboxylic acids is 4. The van der Waals surface area contributed by atoms with Gasteiger partial charge in [-0.3, -0.25) is 106 Å². The van der Waals surface area contributed by atoms with Crippen molar-refractivity contribution in [1.82, 2.24) is 95.7 Å². The fourth-order valence-corrected chi connectivity index (χ4v) is 12.1. The number of rotatable bonds is 66. The normalized spacial score (nSPS) is 15.5. The molecule has 38 N–H and O–H groups in total. The average Bonchev–Trinajstić information content (AvgIpc) is 0.839. The molecule has 0 aromatic heterocycles. The summed E-state index contributed by atoms with van der Waals surface area (Å²) < 4.78 is 0. The first-order chi connectivity index (χ1) is 63.3. The van der Waals surface area contributed by atoms with Gasteiger partial charge in [-0.2, -0.15) is 0 Å².